The lowest BCUT2D eigenvalue weighted by Gasteiger charge is -2.04. The lowest BCUT2D eigenvalue weighted by atomic mass is 10.1. The first-order valence-electron chi connectivity index (χ1n) is 6.01. The van der Waals surface area contributed by atoms with Crippen LogP contribution in [0.1, 0.15) is 17.2 Å². The number of methoxy groups -OCH3 is 1. The van der Waals surface area contributed by atoms with Gasteiger partial charge in [-0.25, -0.2) is 4.39 Å². The predicted molar refractivity (Wildman–Crippen MR) is 67.9 cm³/mol. The van der Waals surface area contributed by atoms with Crippen molar-refractivity contribution >= 4 is 6.47 Å². The highest BCUT2D eigenvalue weighted by Gasteiger charge is 2.07. The number of carbonyl (C=O) groups is 1. The highest BCUT2D eigenvalue weighted by molar-refractivity contribution is 5.36. The number of aromatic amines is 1. The van der Waals surface area contributed by atoms with Gasteiger partial charge in [0, 0.05) is 12.8 Å². The van der Waals surface area contributed by atoms with Crippen molar-refractivity contribution in [2.24, 2.45) is 0 Å². The van der Waals surface area contributed by atoms with E-state index in [-0.39, 0.29) is 12.4 Å². The van der Waals surface area contributed by atoms with E-state index in [1.54, 1.807) is 12.1 Å². The van der Waals surface area contributed by atoms with Crippen LogP contribution in [0.2, 0.25) is 0 Å². The van der Waals surface area contributed by atoms with Gasteiger partial charge >= 0.3 is 0 Å². The van der Waals surface area contributed by atoms with E-state index in [1.165, 1.54) is 13.2 Å². The Morgan fingerprint density at radius 2 is 2.15 bits per heavy atom. The predicted octanol–water partition coefficient (Wildman–Crippen LogP) is 1.26. The lowest BCUT2D eigenvalue weighted by molar-refractivity contribution is -0.128. The quantitative estimate of drug-likeness (QED) is 0.610. The minimum Gasteiger partial charge on any atom is -0.494 e. The number of carbonyl (C=O) groups excluding carboxylic acids is 1. The van der Waals surface area contributed by atoms with Crippen molar-refractivity contribution < 1.29 is 18.7 Å². The Balaban J connectivity index is 2.01. The fourth-order valence-electron chi connectivity index (χ4n) is 1.74. The summed E-state index contributed by atoms with van der Waals surface area (Å²) in [7, 11) is 1.42. The molecular weight excluding hydrogens is 265 g/mol. The van der Waals surface area contributed by atoms with Crippen LogP contribution in [0.3, 0.4) is 0 Å². The molecule has 0 spiro atoms. The zero-order valence-electron chi connectivity index (χ0n) is 10.9. The molecular formula is C13H14FN3O3. The van der Waals surface area contributed by atoms with Gasteiger partial charge in [-0.1, -0.05) is 6.07 Å². The SMILES string of the molecule is COc1cc(Cc2nnc(CCOC=O)[nH]2)ccc1F. The smallest absolute Gasteiger partial charge is 0.293 e. The maximum Gasteiger partial charge on any atom is 0.293 e. The molecule has 1 aromatic heterocycles. The van der Waals surface area contributed by atoms with E-state index in [4.69, 9.17) is 4.74 Å². The third kappa shape index (κ3) is 3.53. The summed E-state index contributed by atoms with van der Waals surface area (Å²) < 4.78 is 22.8. The summed E-state index contributed by atoms with van der Waals surface area (Å²) in [5, 5.41) is 7.92. The Labute approximate surface area is 114 Å². The molecule has 0 aliphatic carbocycles. The minimum absolute atomic E-state index is 0.196. The molecule has 0 bridgehead atoms. The number of H-pyrrole nitrogens is 1. The van der Waals surface area contributed by atoms with Crippen molar-refractivity contribution in [3.8, 4) is 5.75 Å². The number of hydrogen-bond acceptors (Lipinski definition) is 5. The Morgan fingerprint density at radius 1 is 1.35 bits per heavy atom. The van der Waals surface area contributed by atoms with Crippen LogP contribution in [0.5, 0.6) is 5.75 Å². The maximum absolute atomic E-state index is 13.3. The van der Waals surface area contributed by atoms with Gasteiger partial charge in [0.2, 0.25) is 0 Å². The zero-order valence-corrected chi connectivity index (χ0v) is 10.9. The molecule has 0 unspecified atom stereocenters. The molecule has 0 radical (unpaired) electrons. The molecule has 2 aromatic rings. The maximum atomic E-state index is 13.3. The molecule has 0 atom stereocenters. The first-order valence-corrected chi connectivity index (χ1v) is 6.01. The van der Waals surface area contributed by atoms with Crippen LogP contribution in [0.15, 0.2) is 18.2 Å². The molecule has 0 fully saturated rings. The van der Waals surface area contributed by atoms with Crippen LogP contribution in [0.25, 0.3) is 0 Å². The molecule has 1 heterocycles. The molecule has 0 aliphatic heterocycles. The molecule has 1 N–H and O–H groups in total. The van der Waals surface area contributed by atoms with E-state index in [2.05, 4.69) is 19.9 Å². The minimum atomic E-state index is -0.402. The Bertz CT molecular complexity index is 586. The second-order valence-electron chi connectivity index (χ2n) is 4.08. The van der Waals surface area contributed by atoms with Crippen molar-refractivity contribution in [3.05, 3.63) is 41.2 Å². The fourth-order valence-corrected chi connectivity index (χ4v) is 1.74. The Kier molecular flexibility index (Phi) is 4.65. The highest BCUT2D eigenvalue weighted by Crippen LogP contribution is 2.19. The molecule has 0 saturated heterocycles. The number of aromatic nitrogens is 3. The first-order chi connectivity index (χ1) is 9.72. The number of ether oxygens (including phenoxy) is 2. The van der Waals surface area contributed by atoms with Gasteiger partial charge in [-0.15, -0.1) is 10.2 Å². The topological polar surface area (TPSA) is 77.1 Å². The summed E-state index contributed by atoms with van der Waals surface area (Å²) in [5.74, 6) is 1.08. The van der Waals surface area contributed by atoms with Gasteiger partial charge < -0.3 is 14.5 Å². The van der Waals surface area contributed by atoms with E-state index in [9.17, 15) is 9.18 Å². The average molecular weight is 279 g/mol. The number of halogens is 1. The lowest BCUT2D eigenvalue weighted by Crippen LogP contribution is -1.98. The molecule has 0 saturated carbocycles. The highest BCUT2D eigenvalue weighted by atomic mass is 19.1. The summed E-state index contributed by atoms with van der Waals surface area (Å²) in [6.07, 6.45) is 0.955. The van der Waals surface area contributed by atoms with Crippen LogP contribution in [-0.4, -0.2) is 35.4 Å². The van der Waals surface area contributed by atoms with Gasteiger partial charge in [-0.3, -0.25) is 4.79 Å². The number of nitrogens with one attached hydrogen (secondary N) is 1. The van der Waals surface area contributed by atoms with Crippen molar-refractivity contribution in [2.75, 3.05) is 13.7 Å². The van der Waals surface area contributed by atoms with E-state index in [1.807, 2.05) is 0 Å². The van der Waals surface area contributed by atoms with Crippen LogP contribution in [0.4, 0.5) is 4.39 Å². The Morgan fingerprint density at radius 3 is 2.90 bits per heavy atom. The summed E-state index contributed by atoms with van der Waals surface area (Å²) in [6, 6.07) is 4.63. The van der Waals surface area contributed by atoms with E-state index < -0.39 is 5.82 Å². The standard InChI is InChI=1S/C13H14FN3O3/c1-19-11-6-9(2-3-10(11)14)7-13-15-12(16-17-13)4-5-20-8-18/h2-3,6,8H,4-5,7H2,1H3,(H,15,16,17). The molecule has 1 aromatic carbocycles. The van der Waals surface area contributed by atoms with Crippen molar-refractivity contribution in [2.45, 2.75) is 12.8 Å². The van der Waals surface area contributed by atoms with Gasteiger partial charge in [-0.2, -0.15) is 0 Å². The monoisotopic (exact) mass is 279 g/mol. The van der Waals surface area contributed by atoms with Crippen LogP contribution >= 0.6 is 0 Å². The van der Waals surface area contributed by atoms with Crippen LogP contribution in [-0.2, 0) is 22.4 Å². The third-order valence-corrected chi connectivity index (χ3v) is 2.69. The largest absolute Gasteiger partial charge is 0.494 e. The average Bonchev–Trinajstić information content (AvgIpc) is 2.89. The summed E-state index contributed by atoms with van der Waals surface area (Å²) in [5.41, 5.74) is 0.857. The number of hydrogen-bond donors (Lipinski definition) is 1. The third-order valence-electron chi connectivity index (χ3n) is 2.69. The van der Waals surface area contributed by atoms with Crippen LogP contribution in [0, 0.1) is 5.82 Å². The Hall–Kier alpha value is -2.44. The van der Waals surface area contributed by atoms with Crippen molar-refractivity contribution in [1.29, 1.82) is 0 Å². The van der Waals surface area contributed by atoms with Crippen LogP contribution < -0.4 is 4.74 Å². The normalized spacial score (nSPS) is 10.3. The fraction of sp³-hybridized carbons (Fsp3) is 0.308. The van der Waals surface area contributed by atoms with Crippen molar-refractivity contribution in [3.63, 3.8) is 0 Å². The molecule has 106 valence electrons. The summed E-state index contributed by atoms with van der Waals surface area (Å²) in [4.78, 5) is 13.0. The number of rotatable bonds is 7. The van der Waals surface area contributed by atoms with E-state index in [0.29, 0.717) is 31.0 Å². The van der Waals surface area contributed by atoms with Gasteiger partial charge in [0.1, 0.15) is 11.6 Å². The molecule has 0 amide bonds. The van der Waals surface area contributed by atoms with Gasteiger partial charge in [-0.05, 0) is 17.7 Å². The molecule has 7 heteroatoms. The molecule has 20 heavy (non-hydrogen) atoms. The first kappa shape index (κ1) is 14.0. The molecule has 2 rings (SSSR count). The summed E-state index contributed by atoms with van der Waals surface area (Å²) >= 11 is 0. The number of benzene rings is 1. The van der Waals surface area contributed by atoms with E-state index in [0.717, 1.165) is 5.56 Å². The van der Waals surface area contributed by atoms with Crippen molar-refractivity contribution in [1.82, 2.24) is 15.2 Å². The molecule has 0 aliphatic rings. The molecule has 6 nitrogen and oxygen atoms in total. The summed E-state index contributed by atoms with van der Waals surface area (Å²) in [6.45, 7) is 0.643. The zero-order chi connectivity index (χ0) is 14.4. The van der Waals surface area contributed by atoms with Gasteiger partial charge in [0.25, 0.3) is 6.47 Å². The second kappa shape index (κ2) is 6.65. The van der Waals surface area contributed by atoms with E-state index >= 15 is 0 Å². The second-order valence-corrected chi connectivity index (χ2v) is 4.08. The number of nitrogens with zero attached hydrogens (tertiary/aromatic N) is 2. The van der Waals surface area contributed by atoms with Gasteiger partial charge in [0.15, 0.2) is 11.6 Å². The van der Waals surface area contributed by atoms with Gasteiger partial charge in [0.05, 0.1) is 13.7 Å².